The molecule has 0 aliphatic carbocycles. The van der Waals surface area contributed by atoms with E-state index in [-0.39, 0.29) is 61.5 Å². The van der Waals surface area contributed by atoms with Crippen molar-refractivity contribution < 1.29 is 35.7 Å². The molecule has 14 nitrogen and oxygen atoms in total. The Morgan fingerprint density at radius 1 is 1.07 bits per heavy atom. The van der Waals surface area contributed by atoms with E-state index in [0.29, 0.717) is 52.8 Å². The molecule has 2 amide bonds. The van der Waals surface area contributed by atoms with E-state index in [1.807, 2.05) is 0 Å². The summed E-state index contributed by atoms with van der Waals surface area (Å²) in [5.74, 6) is -0.678. The number of rotatable bonds is 6. The molecule has 0 bridgehead atoms. The maximum atomic E-state index is 13.8. The lowest BCUT2D eigenvalue weighted by Gasteiger charge is -2.41. The molecule has 0 radical (unpaired) electrons. The Hall–Kier alpha value is -2.64. The van der Waals surface area contributed by atoms with Crippen molar-refractivity contribution in [2.24, 2.45) is 0 Å². The molecule has 2 N–H and O–H groups in total. The highest BCUT2D eigenvalue weighted by atomic mass is 35.5. The lowest BCUT2D eigenvalue weighted by Crippen LogP contribution is -2.58. The first-order valence-electron chi connectivity index (χ1n) is 13.6. The van der Waals surface area contributed by atoms with Gasteiger partial charge >= 0.3 is 10.3 Å². The summed E-state index contributed by atoms with van der Waals surface area (Å²) in [5, 5.41) is 1.21. The van der Waals surface area contributed by atoms with Gasteiger partial charge in [0.15, 0.2) is 5.01 Å². The van der Waals surface area contributed by atoms with Crippen LogP contribution in [0.25, 0.3) is 10.9 Å². The van der Waals surface area contributed by atoms with E-state index < -0.39 is 32.3 Å². The zero-order valence-corrected chi connectivity index (χ0v) is 26.0. The quantitative estimate of drug-likeness (QED) is 0.365. The van der Waals surface area contributed by atoms with E-state index in [0.717, 1.165) is 15.6 Å². The van der Waals surface area contributed by atoms with Gasteiger partial charge in [0.25, 0.3) is 15.9 Å². The van der Waals surface area contributed by atoms with Crippen molar-refractivity contribution in [3.8, 4) is 0 Å². The standard InChI is InChI=1S/C25H29ClN6O8S3/c26-17-1-2-19-16(11-17)12-22(27-19)42(35,36)30-5-6-32(18(14-30)13-23(33)29-7-9-40-10-8-29)25(34)24-28-20-3-4-31(43(37,38)39)15-21(20)41-24/h1-2,11-12,18,27H,3-10,13-15H2,(H,37,38,39). The summed E-state index contributed by atoms with van der Waals surface area (Å²) in [6, 6.07) is 5.75. The fraction of sp³-hybridized carbons (Fsp3) is 0.480. The van der Waals surface area contributed by atoms with Crippen molar-refractivity contribution >= 4 is 66.0 Å². The fourth-order valence-electron chi connectivity index (χ4n) is 5.57. The Balaban J connectivity index is 1.26. The Morgan fingerprint density at radius 3 is 2.58 bits per heavy atom. The van der Waals surface area contributed by atoms with Crippen LogP contribution in [0.2, 0.25) is 5.02 Å². The average molecular weight is 673 g/mol. The molecule has 1 atom stereocenters. The summed E-state index contributed by atoms with van der Waals surface area (Å²) in [7, 11) is -8.41. The number of carbonyl (C=O) groups is 2. The topological polar surface area (TPSA) is 174 Å². The number of H-pyrrole nitrogens is 1. The number of nitrogens with zero attached hydrogens (tertiary/aromatic N) is 5. The number of morpholine rings is 1. The molecule has 2 aromatic heterocycles. The number of carbonyl (C=O) groups excluding carboxylic acids is 2. The maximum Gasteiger partial charge on any atom is 0.336 e. The Morgan fingerprint density at radius 2 is 1.84 bits per heavy atom. The van der Waals surface area contributed by atoms with Crippen LogP contribution in [0, 0.1) is 0 Å². The number of ether oxygens (including phenoxy) is 1. The summed E-state index contributed by atoms with van der Waals surface area (Å²) >= 11 is 7.11. The van der Waals surface area contributed by atoms with E-state index in [4.69, 9.17) is 16.3 Å². The van der Waals surface area contributed by atoms with Gasteiger partial charge in [0.2, 0.25) is 5.91 Å². The molecule has 232 valence electrons. The van der Waals surface area contributed by atoms with Crippen molar-refractivity contribution in [3.05, 3.63) is 44.9 Å². The average Bonchev–Trinajstić information content (AvgIpc) is 3.61. The number of halogens is 1. The predicted molar refractivity (Wildman–Crippen MR) is 157 cm³/mol. The minimum absolute atomic E-state index is 0.00589. The molecule has 2 saturated heterocycles. The first kappa shape index (κ1) is 30.4. The molecule has 1 aromatic carbocycles. The van der Waals surface area contributed by atoms with Crippen LogP contribution in [0.1, 0.15) is 26.8 Å². The van der Waals surface area contributed by atoms with Gasteiger partial charge in [-0.25, -0.2) is 13.4 Å². The van der Waals surface area contributed by atoms with Crippen molar-refractivity contribution in [1.82, 2.24) is 28.4 Å². The van der Waals surface area contributed by atoms with Crippen molar-refractivity contribution in [1.29, 1.82) is 0 Å². The van der Waals surface area contributed by atoms with Crippen molar-refractivity contribution in [2.75, 3.05) is 52.5 Å². The number of aromatic amines is 1. The molecule has 0 spiro atoms. The maximum absolute atomic E-state index is 13.8. The van der Waals surface area contributed by atoms with Gasteiger partial charge in [-0.2, -0.15) is 17.0 Å². The number of thiazole rings is 1. The molecule has 43 heavy (non-hydrogen) atoms. The number of benzene rings is 1. The monoisotopic (exact) mass is 672 g/mol. The van der Waals surface area contributed by atoms with Crippen molar-refractivity contribution in [2.45, 2.75) is 30.5 Å². The Bertz CT molecular complexity index is 1790. The van der Waals surface area contributed by atoms with E-state index in [9.17, 15) is 31.0 Å². The fourth-order valence-corrected chi connectivity index (χ4v) is 9.01. The summed E-state index contributed by atoms with van der Waals surface area (Å²) in [5.41, 5.74) is 1.19. The molecule has 5 heterocycles. The number of nitrogens with one attached hydrogen (secondary N) is 1. The zero-order chi connectivity index (χ0) is 30.5. The van der Waals surface area contributed by atoms with Gasteiger partial charge in [-0.05, 0) is 24.3 Å². The highest BCUT2D eigenvalue weighted by molar-refractivity contribution is 7.89. The number of hydrogen-bond donors (Lipinski definition) is 2. The van der Waals surface area contributed by atoms with Gasteiger partial charge in [-0.1, -0.05) is 11.6 Å². The summed E-state index contributed by atoms with van der Waals surface area (Å²) in [4.78, 5) is 38.2. The summed E-state index contributed by atoms with van der Waals surface area (Å²) in [6.07, 6.45) is 0.140. The lowest BCUT2D eigenvalue weighted by atomic mass is 10.1. The van der Waals surface area contributed by atoms with Gasteiger partial charge in [0.05, 0.1) is 31.5 Å². The van der Waals surface area contributed by atoms with Crippen LogP contribution < -0.4 is 0 Å². The van der Waals surface area contributed by atoms with Crippen LogP contribution in [-0.2, 0) is 42.8 Å². The largest absolute Gasteiger partial charge is 0.378 e. The molecule has 1 unspecified atom stereocenters. The van der Waals surface area contributed by atoms with Crippen LogP contribution in [0.15, 0.2) is 29.3 Å². The highest BCUT2D eigenvalue weighted by Crippen LogP contribution is 2.30. The Kier molecular flexibility index (Phi) is 8.27. The van der Waals surface area contributed by atoms with Gasteiger partial charge in [0.1, 0.15) is 5.03 Å². The van der Waals surface area contributed by atoms with Crippen LogP contribution in [0.4, 0.5) is 0 Å². The second-order valence-corrected chi connectivity index (χ2v) is 15.4. The first-order chi connectivity index (χ1) is 20.4. The smallest absolute Gasteiger partial charge is 0.336 e. The molecule has 3 aliphatic heterocycles. The van der Waals surface area contributed by atoms with Gasteiger partial charge < -0.3 is 19.5 Å². The number of fused-ring (bicyclic) bond motifs is 2. The van der Waals surface area contributed by atoms with Crippen LogP contribution >= 0.6 is 22.9 Å². The molecule has 18 heteroatoms. The summed E-state index contributed by atoms with van der Waals surface area (Å²) < 4.78 is 67.7. The normalized spacial score (nSPS) is 20.8. The Labute approximate surface area is 257 Å². The second kappa shape index (κ2) is 11.7. The molecular formula is C25H29ClN6O8S3. The second-order valence-electron chi connectivity index (χ2n) is 10.5. The third kappa shape index (κ3) is 6.17. The SMILES string of the molecule is O=C(CC1CN(S(=O)(=O)c2cc3cc(Cl)ccc3[nH]2)CCN1C(=O)c1nc2c(s1)CN(S(=O)(=O)O)CC2)N1CCOCC1. The molecule has 6 rings (SSSR count). The molecular weight excluding hydrogens is 644 g/mol. The minimum atomic E-state index is -4.39. The summed E-state index contributed by atoms with van der Waals surface area (Å²) in [6.45, 7) is 1.45. The van der Waals surface area contributed by atoms with Crippen LogP contribution in [0.5, 0.6) is 0 Å². The molecule has 0 saturated carbocycles. The van der Waals surface area contributed by atoms with Crippen molar-refractivity contribution in [3.63, 3.8) is 0 Å². The number of amides is 2. The van der Waals surface area contributed by atoms with E-state index >= 15 is 0 Å². The lowest BCUT2D eigenvalue weighted by molar-refractivity contribution is -0.136. The number of hydrogen-bond acceptors (Lipinski definition) is 9. The van der Waals surface area contributed by atoms with E-state index in [2.05, 4.69) is 9.97 Å². The van der Waals surface area contributed by atoms with E-state index in [1.165, 1.54) is 15.3 Å². The third-order valence-corrected chi connectivity index (χ3v) is 11.9. The molecule has 3 aliphatic rings. The molecule has 2 fully saturated rings. The number of aromatic nitrogens is 2. The first-order valence-corrected chi connectivity index (χ1v) is 17.6. The number of piperazine rings is 1. The third-order valence-electron chi connectivity index (χ3n) is 7.86. The predicted octanol–water partition coefficient (Wildman–Crippen LogP) is 1.20. The molecule has 3 aromatic rings. The highest BCUT2D eigenvalue weighted by Gasteiger charge is 2.40. The van der Waals surface area contributed by atoms with Crippen LogP contribution in [-0.4, -0.2) is 120 Å². The van der Waals surface area contributed by atoms with E-state index in [1.54, 1.807) is 23.1 Å². The van der Waals surface area contributed by atoms with Gasteiger partial charge in [-0.15, -0.1) is 11.3 Å². The van der Waals surface area contributed by atoms with Gasteiger partial charge in [-0.3, -0.25) is 14.1 Å². The number of sulfonamides is 1. The minimum Gasteiger partial charge on any atom is -0.378 e. The van der Waals surface area contributed by atoms with Gasteiger partial charge in [0, 0.05) is 72.9 Å². The zero-order valence-electron chi connectivity index (χ0n) is 22.8. The van der Waals surface area contributed by atoms with Crippen LogP contribution in [0.3, 0.4) is 0 Å².